The minimum absolute atomic E-state index is 0.0242. The third kappa shape index (κ3) is 2.14. The molecule has 7 nitrogen and oxygen atoms in total. The van der Waals surface area contributed by atoms with Gasteiger partial charge in [0.25, 0.3) is 0 Å². The van der Waals surface area contributed by atoms with Gasteiger partial charge in [-0.3, -0.25) is 4.57 Å². The highest BCUT2D eigenvalue weighted by Crippen LogP contribution is 2.31. The van der Waals surface area contributed by atoms with Gasteiger partial charge in [-0.2, -0.15) is 4.98 Å². The van der Waals surface area contributed by atoms with Crippen molar-refractivity contribution >= 4 is 21.7 Å². The first-order valence-electron chi connectivity index (χ1n) is 5.08. The van der Waals surface area contributed by atoms with Crippen LogP contribution >= 0.6 is 15.9 Å². The highest BCUT2D eigenvalue weighted by Gasteiger charge is 2.45. The van der Waals surface area contributed by atoms with Crippen molar-refractivity contribution < 1.29 is 19.3 Å². The number of hydrogen-bond acceptors (Lipinski definition) is 6. The number of hydrogen-bond donors (Lipinski definition) is 3. The van der Waals surface area contributed by atoms with Crippen LogP contribution < -0.4 is 11.4 Å². The first kappa shape index (κ1) is 13.4. The Morgan fingerprint density at radius 2 is 2.33 bits per heavy atom. The molecule has 0 saturated carbocycles. The lowest BCUT2D eigenvalue weighted by molar-refractivity contribution is -0.0491. The van der Waals surface area contributed by atoms with E-state index in [4.69, 9.17) is 15.6 Å². The lowest BCUT2D eigenvalue weighted by Crippen LogP contribution is -2.33. The van der Waals surface area contributed by atoms with E-state index in [2.05, 4.69) is 20.9 Å². The summed E-state index contributed by atoms with van der Waals surface area (Å²) >= 11 is 3.06. The zero-order chi connectivity index (χ0) is 13.4. The van der Waals surface area contributed by atoms with Crippen LogP contribution in [0.25, 0.3) is 0 Å². The van der Waals surface area contributed by atoms with Crippen LogP contribution in [0.15, 0.2) is 15.5 Å². The molecule has 1 unspecified atom stereocenters. The summed E-state index contributed by atoms with van der Waals surface area (Å²) in [6.07, 6.45) is -4.52. The summed E-state index contributed by atoms with van der Waals surface area (Å²) in [5.41, 5.74) is 4.61. The molecule has 9 heteroatoms. The van der Waals surface area contributed by atoms with Crippen molar-refractivity contribution in [2.24, 2.45) is 0 Å². The number of halogens is 2. The zero-order valence-electron chi connectivity index (χ0n) is 9.03. The van der Waals surface area contributed by atoms with E-state index in [1.54, 1.807) is 0 Å². The Balaban J connectivity index is 2.39. The minimum atomic E-state index is -1.84. The number of nitrogens with zero attached hydrogens (tertiary/aromatic N) is 2. The molecule has 1 aromatic rings. The number of aliphatic hydroxyl groups excluding tert-OH is 2. The monoisotopic (exact) mass is 322 g/mol. The zero-order valence-corrected chi connectivity index (χ0v) is 10.6. The summed E-state index contributed by atoms with van der Waals surface area (Å²) in [6, 6.07) is 0. The van der Waals surface area contributed by atoms with Gasteiger partial charge in [-0.1, -0.05) is 0 Å². The van der Waals surface area contributed by atoms with E-state index in [1.807, 2.05) is 0 Å². The van der Waals surface area contributed by atoms with Crippen LogP contribution in [-0.4, -0.2) is 44.8 Å². The molecule has 2 rings (SSSR count). The van der Waals surface area contributed by atoms with E-state index < -0.39 is 36.9 Å². The fourth-order valence-corrected chi connectivity index (χ4v) is 2.03. The van der Waals surface area contributed by atoms with Crippen molar-refractivity contribution in [3.8, 4) is 0 Å². The Morgan fingerprint density at radius 1 is 1.67 bits per heavy atom. The van der Waals surface area contributed by atoms with Crippen LogP contribution in [0.5, 0.6) is 0 Å². The van der Waals surface area contributed by atoms with Gasteiger partial charge in [0.1, 0.15) is 18.0 Å². The van der Waals surface area contributed by atoms with E-state index in [1.165, 1.54) is 6.20 Å². The molecule has 4 atom stereocenters. The molecule has 0 aliphatic carbocycles. The number of nitrogen functional groups attached to an aromatic ring is 1. The topological polar surface area (TPSA) is 111 Å². The summed E-state index contributed by atoms with van der Waals surface area (Å²) in [6.45, 7) is -0.545. The van der Waals surface area contributed by atoms with Crippen molar-refractivity contribution in [3.63, 3.8) is 0 Å². The highest BCUT2D eigenvalue weighted by atomic mass is 79.9. The molecule has 0 spiro atoms. The third-order valence-electron chi connectivity index (χ3n) is 2.68. The maximum absolute atomic E-state index is 13.8. The predicted octanol–water partition coefficient (Wildman–Crippen LogP) is -0.823. The molecule has 100 valence electrons. The molecule has 0 radical (unpaired) electrons. The summed E-state index contributed by atoms with van der Waals surface area (Å²) in [4.78, 5) is 15.1. The largest absolute Gasteiger partial charge is 0.394 e. The molecule has 18 heavy (non-hydrogen) atoms. The number of ether oxygens (including phenoxy) is 1. The number of anilines is 1. The van der Waals surface area contributed by atoms with Gasteiger partial charge in [-0.05, 0) is 15.9 Å². The maximum Gasteiger partial charge on any atom is 0.351 e. The van der Waals surface area contributed by atoms with Crippen molar-refractivity contribution in [2.75, 3.05) is 12.3 Å². The minimum Gasteiger partial charge on any atom is -0.394 e. The predicted molar refractivity (Wildman–Crippen MR) is 62.5 cm³/mol. The molecule has 0 bridgehead atoms. The van der Waals surface area contributed by atoms with Crippen molar-refractivity contribution in [1.29, 1.82) is 0 Å². The van der Waals surface area contributed by atoms with E-state index in [0.717, 1.165) is 4.57 Å². The van der Waals surface area contributed by atoms with Crippen LogP contribution in [0.3, 0.4) is 0 Å². The van der Waals surface area contributed by atoms with Gasteiger partial charge in [0.15, 0.2) is 12.4 Å². The molecule has 0 aromatic carbocycles. The lowest BCUT2D eigenvalue weighted by atomic mass is 10.1. The summed E-state index contributed by atoms with van der Waals surface area (Å²) in [7, 11) is 0. The van der Waals surface area contributed by atoms with E-state index >= 15 is 0 Å². The Kier molecular flexibility index (Phi) is 3.66. The van der Waals surface area contributed by atoms with Gasteiger partial charge in [-0.15, -0.1) is 0 Å². The fourth-order valence-electron chi connectivity index (χ4n) is 1.72. The molecule has 1 aliphatic heterocycles. The molecule has 0 amide bonds. The number of aromatic nitrogens is 2. The average Bonchev–Trinajstić information content (AvgIpc) is 2.61. The van der Waals surface area contributed by atoms with Crippen molar-refractivity contribution in [1.82, 2.24) is 9.55 Å². The standard InChI is InChI=1S/C9H11BrFN3O4/c10-3-1-14(9(17)13-7(3)12)8-5(11)6(16)4(2-15)18-8/h1,4-6,8,15-16H,2H2,(H2,12,13,17)/t4-,5+,6?,8-/m1/s1/i11-1. The van der Waals surface area contributed by atoms with Crippen molar-refractivity contribution in [3.05, 3.63) is 21.2 Å². The lowest BCUT2D eigenvalue weighted by Gasteiger charge is -2.16. The SMILES string of the molecule is Nc1nc(=O)n([C@@H]2O[C@H](CO)C(O)[C@@H]2[18F])cc1Br. The normalized spacial score (nSPS) is 31.8. The smallest absolute Gasteiger partial charge is 0.351 e. The second-order valence-electron chi connectivity index (χ2n) is 3.85. The molecule has 1 saturated heterocycles. The summed E-state index contributed by atoms with van der Waals surface area (Å²) in [5, 5.41) is 18.4. The van der Waals surface area contributed by atoms with Crippen LogP contribution in [0.4, 0.5) is 10.2 Å². The molecule has 2 heterocycles. The molecular formula is C9H11BrFN3O4. The molecular weight excluding hydrogens is 312 g/mol. The first-order valence-corrected chi connectivity index (χ1v) is 5.87. The Bertz CT molecular complexity index is 511. The Morgan fingerprint density at radius 3 is 2.89 bits per heavy atom. The maximum atomic E-state index is 13.8. The third-order valence-corrected chi connectivity index (χ3v) is 3.29. The van der Waals surface area contributed by atoms with Crippen LogP contribution in [0.2, 0.25) is 0 Å². The van der Waals surface area contributed by atoms with E-state index in [9.17, 15) is 14.3 Å². The second-order valence-corrected chi connectivity index (χ2v) is 4.70. The summed E-state index contributed by atoms with van der Waals surface area (Å²) in [5.74, 6) is -0.0242. The van der Waals surface area contributed by atoms with Gasteiger partial charge in [0.2, 0.25) is 0 Å². The van der Waals surface area contributed by atoms with Crippen LogP contribution in [0.1, 0.15) is 6.23 Å². The number of alkyl halides is 1. The Hall–Kier alpha value is -1.03. The molecule has 1 aromatic heterocycles. The van der Waals surface area contributed by atoms with Crippen LogP contribution in [-0.2, 0) is 4.74 Å². The van der Waals surface area contributed by atoms with Crippen molar-refractivity contribution in [2.45, 2.75) is 24.6 Å². The average molecular weight is 323 g/mol. The fraction of sp³-hybridized carbons (Fsp3) is 0.556. The van der Waals surface area contributed by atoms with Gasteiger partial charge < -0.3 is 20.7 Å². The van der Waals surface area contributed by atoms with Gasteiger partial charge in [-0.25, -0.2) is 9.18 Å². The Labute approximate surface area is 109 Å². The first-order chi connectivity index (χ1) is 8.45. The highest BCUT2D eigenvalue weighted by molar-refractivity contribution is 9.10. The number of rotatable bonds is 2. The molecule has 1 aliphatic rings. The van der Waals surface area contributed by atoms with E-state index in [-0.39, 0.29) is 5.82 Å². The molecule has 4 N–H and O–H groups in total. The van der Waals surface area contributed by atoms with Crippen LogP contribution in [0, 0.1) is 0 Å². The summed E-state index contributed by atoms with van der Waals surface area (Å²) < 4.78 is 20.1. The van der Waals surface area contributed by atoms with E-state index in [0.29, 0.717) is 4.47 Å². The van der Waals surface area contributed by atoms with Gasteiger partial charge in [0, 0.05) is 6.20 Å². The quantitative estimate of drug-likeness (QED) is 0.656. The van der Waals surface area contributed by atoms with Gasteiger partial charge in [0.05, 0.1) is 11.1 Å². The number of nitrogens with two attached hydrogens (primary N) is 1. The van der Waals surface area contributed by atoms with Gasteiger partial charge >= 0.3 is 5.69 Å². The second kappa shape index (κ2) is 4.92. The molecule has 1 fully saturated rings. The number of aliphatic hydroxyl groups is 2.